The lowest BCUT2D eigenvalue weighted by molar-refractivity contribution is 1.17. The molecule has 0 aliphatic carbocycles. The van der Waals surface area contributed by atoms with E-state index in [1.165, 1.54) is 93.4 Å². The van der Waals surface area contributed by atoms with Crippen LogP contribution in [0.3, 0.4) is 0 Å². The van der Waals surface area contributed by atoms with Gasteiger partial charge in [0.15, 0.2) is 0 Å². The summed E-state index contributed by atoms with van der Waals surface area (Å²) >= 11 is 0. The first-order valence-corrected chi connectivity index (χ1v) is 19.6. The molecule has 0 fully saturated rings. The van der Waals surface area contributed by atoms with E-state index in [4.69, 9.17) is 0 Å². The normalized spacial score (nSPS) is 11.9. The minimum absolute atomic E-state index is 1.15. The summed E-state index contributed by atoms with van der Waals surface area (Å²) in [6, 6.07) is 77.4. The van der Waals surface area contributed by atoms with E-state index in [0.29, 0.717) is 0 Å². The van der Waals surface area contributed by atoms with E-state index in [-0.39, 0.29) is 0 Å². The van der Waals surface area contributed by atoms with E-state index >= 15 is 0 Å². The van der Waals surface area contributed by atoms with Crippen molar-refractivity contribution < 1.29 is 0 Å². The van der Waals surface area contributed by atoms with Gasteiger partial charge in [-0.2, -0.15) is 0 Å². The Hall–Kier alpha value is -7.62. The predicted molar refractivity (Wildman–Crippen MR) is 240 cm³/mol. The molecule has 0 aliphatic rings. The maximum Gasteiger partial charge on any atom is 0.0547 e. The van der Waals surface area contributed by atoms with Crippen molar-refractivity contribution in [2.75, 3.05) is 0 Å². The molecule has 0 spiro atoms. The van der Waals surface area contributed by atoms with E-state index in [9.17, 15) is 0 Å². The summed E-state index contributed by atoms with van der Waals surface area (Å²) < 4.78 is 7.23. The second-order valence-corrected chi connectivity index (χ2v) is 15.0. The fourth-order valence-electron chi connectivity index (χ4n) is 9.25. The number of hydrogen-bond acceptors (Lipinski definition) is 0. The van der Waals surface area contributed by atoms with E-state index < -0.39 is 0 Å². The van der Waals surface area contributed by atoms with Crippen molar-refractivity contribution in [1.82, 2.24) is 13.7 Å². The minimum atomic E-state index is 1.15. The third kappa shape index (κ3) is 4.86. The van der Waals surface area contributed by atoms with Crippen LogP contribution in [-0.2, 0) is 0 Å². The average Bonchev–Trinajstić information content (AvgIpc) is 3.92. The molecule has 0 N–H and O–H groups in total. The maximum atomic E-state index is 2.45. The third-order valence-corrected chi connectivity index (χ3v) is 11.8. The van der Waals surface area contributed by atoms with Crippen LogP contribution in [0.4, 0.5) is 0 Å². The van der Waals surface area contributed by atoms with E-state index in [1.54, 1.807) is 0 Å². The van der Waals surface area contributed by atoms with E-state index in [2.05, 4.69) is 226 Å². The van der Waals surface area contributed by atoms with Crippen molar-refractivity contribution in [3.8, 4) is 39.3 Å². The highest BCUT2D eigenvalue weighted by atomic mass is 15.0. The summed E-state index contributed by atoms with van der Waals surface area (Å²) in [4.78, 5) is 0. The molecule has 3 heterocycles. The van der Waals surface area contributed by atoms with Gasteiger partial charge in [0.25, 0.3) is 0 Å². The van der Waals surface area contributed by atoms with Crippen molar-refractivity contribution in [1.29, 1.82) is 0 Å². The Bertz CT molecular complexity index is 3490. The molecule has 57 heavy (non-hydrogen) atoms. The zero-order valence-corrected chi connectivity index (χ0v) is 31.0. The standard InChI is InChI=1S/C54H35N3/c1-3-13-36(14-4-1)37-23-27-41(28-24-37)56-50-21-11-8-18-44(50)47-33-38(26-31-52(47)56)39-25-30-46-43-17-7-10-20-49(43)57(54(46)34-39)42-29-32-53-48(35-42)45-19-9-12-22-51(45)55(53)40-15-5-2-6-16-40/h1-35H. The molecule has 0 amide bonds. The third-order valence-electron chi connectivity index (χ3n) is 11.8. The molecule has 266 valence electrons. The zero-order chi connectivity index (χ0) is 37.5. The Morgan fingerprint density at radius 1 is 0.193 bits per heavy atom. The molecule has 0 unspecified atom stereocenters. The lowest BCUT2D eigenvalue weighted by Gasteiger charge is -2.11. The maximum absolute atomic E-state index is 2.45. The predicted octanol–water partition coefficient (Wildman–Crippen LogP) is 14.3. The molecule has 3 nitrogen and oxygen atoms in total. The lowest BCUT2D eigenvalue weighted by Crippen LogP contribution is -1.96. The molecule has 12 aromatic rings. The van der Waals surface area contributed by atoms with Crippen LogP contribution < -0.4 is 0 Å². The van der Waals surface area contributed by atoms with Crippen molar-refractivity contribution in [2.45, 2.75) is 0 Å². The molecule has 9 aromatic carbocycles. The molecule has 0 bridgehead atoms. The summed E-state index contributed by atoms with van der Waals surface area (Å²) in [7, 11) is 0. The van der Waals surface area contributed by atoms with Gasteiger partial charge in [0.05, 0.1) is 33.1 Å². The number of para-hydroxylation sites is 4. The van der Waals surface area contributed by atoms with Gasteiger partial charge in [0.2, 0.25) is 0 Å². The molecule has 0 saturated heterocycles. The molecular weight excluding hydrogens is 691 g/mol. The monoisotopic (exact) mass is 725 g/mol. The van der Waals surface area contributed by atoms with Crippen LogP contribution in [0.15, 0.2) is 212 Å². The number of nitrogens with zero attached hydrogens (tertiary/aromatic N) is 3. The molecule has 12 rings (SSSR count). The van der Waals surface area contributed by atoms with Gasteiger partial charge in [-0.3, -0.25) is 0 Å². The van der Waals surface area contributed by atoms with Crippen LogP contribution in [0.25, 0.3) is 105 Å². The van der Waals surface area contributed by atoms with Gasteiger partial charge in [0, 0.05) is 49.4 Å². The molecule has 0 aliphatic heterocycles. The quantitative estimate of drug-likeness (QED) is 0.168. The van der Waals surface area contributed by atoms with Crippen LogP contribution in [0.2, 0.25) is 0 Å². The van der Waals surface area contributed by atoms with Crippen LogP contribution in [-0.4, -0.2) is 13.7 Å². The number of hydrogen-bond donors (Lipinski definition) is 0. The van der Waals surface area contributed by atoms with Crippen molar-refractivity contribution >= 4 is 65.4 Å². The molecule has 0 saturated carbocycles. The van der Waals surface area contributed by atoms with E-state index in [0.717, 1.165) is 11.4 Å². The van der Waals surface area contributed by atoms with Crippen molar-refractivity contribution in [3.05, 3.63) is 212 Å². The summed E-state index contributed by atoms with van der Waals surface area (Å²) in [6.45, 7) is 0. The molecule has 0 atom stereocenters. The Morgan fingerprint density at radius 2 is 0.579 bits per heavy atom. The van der Waals surface area contributed by atoms with Crippen molar-refractivity contribution in [3.63, 3.8) is 0 Å². The average molecular weight is 726 g/mol. The fraction of sp³-hybridized carbons (Fsp3) is 0. The van der Waals surface area contributed by atoms with Gasteiger partial charge in [0.1, 0.15) is 0 Å². The topological polar surface area (TPSA) is 14.8 Å². The molecular formula is C54H35N3. The van der Waals surface area contributed by atoms with Crippen LogP contribution in [0.5, 0.6) is 0 Å². The van der Waals surface area contributed by atoms with Crippen LogP contribution in [0.1, 0.15) is 0 Å². The highest BCUT2D eigenvalue weighted by Gasteiger charge is 2.18. The van der Waals surface area contributed by atoms with Gasteiger partial charge in [-0.1, -0.05) is 133 Å². The minimum Gasteiger partial charge on any atom is -0.309 e. The number of fused-ring (bicyclic) bond motifs is 9. The Labute approximate surface area is 329 Å². The summed E-state index contributed by atoms with van der Waals surface area (Å²) in [5.74, 6) is 0. The Morgan fingerprint density at radius 3 is 1.23 bits per heavy atom. The highest BCUT2D eigenvalue weighted by Crippen LogP contribution is 2.40. The first-order chi connectivity index (χ1) is 28.3. The molecule has 3 aromatic heterocycles. The van der Waals surface area contributed by atoms with Gasteiger partial charge in [-0.15, -0.1) is 0 Å². The lowest BCUT2D eigenvalue weighted by atomic mass is 10.0. The Balaban J connectivity index is 1.02. The second kappa shape index (κ2) is 12.5. The van der Waals surface area contributed by atoms with Crippen molar-refractivity contribution in [2.24, 2.45) is 0 Å². The molecule has 0 radical (unpaired) electrons. The number of rotatable bonds is 5. The first-order valence-electron chi connectivity index (χ1n) is 19.6. The second-order valence-electron chi connectivity index (χ2n) is 15.0. The smallest absolute Gasteiger partial charge is 0.0547 e. The largest absolute Gasteiger partial charge is 0.309 e. The fourth-order valence-corrected chi connectivity index (χ4v) is 9.25. The SMILES string of the molecule is c1ccc(-c2ccc(-n3c4ccccc4c4cc(-c5ccc6c7ccccc7n(-c7ccc8c(c7)c7ccccc7n8-c7ccccc7)c6c5)ccc43)cc2)cc1. The summed E-state index contributed by atoms with van der Waals surface area (Å²) in [5.41, 5.74) is 15.5. The van der Waals surface area contributed by atoms with Gasteiger partial charge in [-0.05, 0) is 101 Å². The van der Waals surface area contributed by atoms with Crippen LogP contribution >= 0.6 is 0 Å². The summed E-state index contributed by atoms with van der Waals surface area (Å²) in [6.07, 6.45) is 0. The number of aromatic nitrogens is 3. The zero-order valence-electron chi connectivity index (χ0n) is 31.0. The van der Waals surface area contributed by atoms with E-state index in [1.807, 2.05) is 0 Å². The van der Waals surface area contributed by atoms with Gasteiger partial charge in [-0.25, -0.2) is 0 Å². The van der Waals surface area contributed by atoms with Crippen LogP contribution in [0, 0.1) is 0 Å². The summed E-state index contributed by atoms with van der Waals surface area (Å²) in [5, 5.41) is 7.49. The molecule has 3 heteroatoms. The highest BCUT2D eigenvalue weighted by molar-refractivity contribution is 6.14. The Kier molecular flexibility index (Phi) is 6.93. The number of benzene rings is 9. The van der Waals surface area contributed by atoms with Gasteiger partial charge >= 0.3 is 0 Å². The first kappa shape index (κ1) is 31.7. The van der Waals surface area contributed by atoms with Gasteiger partial charge < -0.3 is 13.7 Å².